The highest BCUT2D eigenvalue weighted by Gasteiger charge is 2.27. The van der Waals surface area contributed by atoms with Crippen molar-refractivity contribution >= 4 is 0 Å². The molecule has 1 aliphatic carbocycles. The summed E-state index contributed by atoms with van der Waals surface area (Å²) in [4.78, 5) is 0. The molecule has 0 amide bonds. The van der Waals surface area contributed by atoms with Crippen molar-refractivity contribution in [3.8, 4) is 0 Å². The standard InChI is InChI=1S/C11H24N2/c1-10(2,12)9-13-11(3)7-5-4-6-8-11/h13H,4-9,12H2,1-3H3. The highest BCUT2D eigenvalue weighted by molar-refractivity contribution is 4.89. The highest BCUT2D eigenvalue weighted by atomic mass is 15.0. The molecule has 0 aromatic carbocycles. The Morgan fingerprint density at radius 1 is 1.23 bits per heavy atom. The second-order valence-electron chi connectivity index (χ2n) is 5.46. The molecule has 0 aliphatic heterocycles. The van der Waals surface area contributed by atoms with E-state index in [1.54, 1.807) is 0 Å². The lowest BCUT2D eigenvalue weighted by Crippen LogP contribution is -2.52. The lowest BCUT2D eigenvalue weighted by atomic mass is 9.83. The quantitative estimate of drug-likeness (QED) is 0.704. The monoisotopic (exact) mass is 184 g/mol. The van der Waals surface area contributed by atoms with Crippen LogP contribution in [0.5, 0.6) is 0 Å². The average molecular weight is 184 g/mol. The molecule has 0 radical (unpaired) electrons. The fourth-order valence-electron chi connectivity index (χ4n) is 1.95. The Hall–Kier alpha value is -0.0800. The van der Waals surface area contributed by atoms with E-state index in [0.29, 0.717) is 5.54 Å². The van der Waals surface area contributed by atoms with Gasteiger partial charge in [-0.3, -0.25) is 0 Å². The van der Waals surface area contributed by atoms with Gasteiger partial charge in [-0.15, -0.1) is 0 Å². The molecule has 2 heteroatoms. The topological polar surface area (TPSA) is 38.0 Å². The van der Waals surface area contributed by atoms with E-state index < -0.39 is 0 Å². The van der Waals surface area contributed by atoms with Gasteiger partial charge in [0.1, 0.15) is 0 Å². The van der Waals surface area contributed by atoms with Crippen molar-refractivity contribution in [2.75, 3.05) is 6.54 Å². The van der Waals surface area contributed by atoms with Crippen LogP contribution in [0.4, 0.5) is 0 Å². The minimum Gasteiger partial charge on any atom is -0.324 e. The Morgan fingerprint density at radius 2 is 1.77 bits per heavy atom. The Bertz CT molecular complexity index is 152. The first kappa shape index (κ1) is 11.0. The van der Waals surface area contributed by atoms with Gasteiger partial charge >= 0.3 is 0 Å². The molecule has 3 N–H and O–H groups in total. The normalized spacial score (nSPS) is 23.1. The summed E-state index contributed by atoms with van der Waals surface area (Å²) in [5, 5.41) is 3.61. The van der Waals surface area contributed by atoms with Crippen molar-refractivity contribution in [1.82, 2.24) is 5.32 Å². The van der Waals surface area contributed by atoms with E-state index >= 15 is 0 Å². The second-order valence-corrected chi connectivity index (χ2v) is 5.46. The zero-order valence-electron chi connectivity index (χ0n) is 9.32. The summed E-state index contributed by atoms with van der Waals surface area (Å²) in [7, 11) is 0. The second kappa shape index (κ2) is 3.97. The third-order valence-electron chi connectivity index (χ3n) is 2.93. The molecule has 0 atom stereocenters. The molecule has 0 spiro atoms. The van der Waals surface area contributed by atoms with Gasteiger partial charge in [0.15, 0.2) is 0 Å². The van der Waals surface area contributed by atoms with E-state index in [4.69, 9.17) is 5.73 Å². The van der Waals surface area contributed by atoms with Crippen LogP contribution in [0.25, 0.3) is 0 Å². The smallest absolute Gasteiger partial charge is 0.0223 e. The molecule has 0 aromatic rings. The van der Waals surface area contributed by atoms with E-state index in [1.165, 1.54) is 32.1 Å². The van der Waals surface area contributed by atoms with E-state index in [2.05, 4.69) is 26.1 Å². The lowest BCUT2D eigenvalue weighted by Gasteiger charge is -2.37. The third kappa shape index (κ3) is 4.10. The van der Waals surface area contributed by atoms with Gasteiger partial charge in [0.2, 0.25) is 0 Å². The van der Waals surface area contributed by atoms with Crippen LogP contribution in [0, 0.1) is 0 Å². The molecule has 13 heavy (non-hydrogen) atoms. The summed E-state index contributed by atoms with van der Waals surface area (Å²) in [6.07, 6.45) is 6.76. The van der Waals surface area contributed by atoms with Gasteiger partial charge in [0.05, 0.1) is 0 Å². The zero-order chi connectivity index (χ0) is 9.95. The molecule has 0 unspecified atom stereocenters. The van der Waals surface area contributed by atoms with Gasteiger partial charge in [-0.05, 0) is 33.6 Å². The molecule has 1 saturated carbocycles. The fraction of sp³-hybridized carbons (Fsp3) is 1.00. The van der Waals surface area contributed by atoms with Crippen molar-refractivity contribution in [3.63, 3.8) is 0 Å². The van der Waals surface area contributed by atoms with Crippen molar-refractivity contribution in [1.29, 1.82) is 0 Å². The van der Waals surface area contributed by atoms with Crippen LogP contribution in [0.1, 0.15) is 52.9 Å². The first-order chi connectivity index (χ1) is 5.91. The maximum absolute atomic E-state index is 5.95. The van der Waals surface area contributed by atoms with Crippen molar-refractivity contribution in [2.24, 2.45) is 5.73 Å². The number of hydrogen-bond donors (Lipinski definition) is 2. The van der Waals surface area contributed by atoms with Crippen LogP contribution in [-0.4, -0.2) is 17.6 Å². The Kier molecular flexibility index (Phi) is 3.36. The lowest BCUT2D eigenvalue weighted by molar-refractivity contribution is 0.238. The highest BCUT2D eigenvalue weighted by Crippen LogP contribution is 2.27. The van der Waals surface area contributed by atoms with Crippen LogP contribution in [0.2, 0.25) is 0 Å². The van der Waals surface area contributed by atoms with Gasteiger partial charge in [-0.25, -0.2) is 0 Å². The summed E-state index contributed by atoms with van der Waals surface area (Å²) in [5.74, 6) is 0. The van der Waals surface area contributed by atoms with Crippen LogP contribution in [-0.2, 0) is 0 Å². The summed E-state index contributed by atoms with van der Waals surface area (Å²) in [6.45, 7) is 7.40. The van der Waals surface area contributed by atoms with E-state index in [1.807, 2.05) is 0 Å². The number of nitrogens with one attached hydrogen (secondary N) is 1. The largest absolute Gasteiger partial charge is 0.324 e. The number of nitrogens with two attached hydrogens (primary N) is 1. The molecule has 0 bridgehead atoms. The fourth-order valence-corrected chi connectivity index (χ4v) is 1.95. The minimum absolute atomic E-state index is 0.0829. The SMILES string of the molecule is CC(C)(N)CNC1(C)CCCCC1. The molecular formula is C11H24N2. The predicted molar refractivity (Wildman–Crippen MR) is 57.8 cm³/mol. The van der Waals surface area contributed by atoms with Crippen molar-refractivity contribution < 1.29 is 0 Å². The van der Waals surface area contributed by atoms with E-state index in [0.717, 1.165) is 6.54 Å². The van der Waals surface area contributed by atoms with Crippen LogP contribution >= 0.6 is 0 Å². The molecule has 1 fully saturated rings. The van der Waals surface area contributed by atoms with Crippen LogP contribution < -0.4 is 11.1 Å². The Labute approximate surface area is 82.3 Å². The van der Waals surface area contributed by atoms with Crippen LogP contribution in [0.15, 0.2) is 0 Å². The minimum atomic E-state index is -0.0829. The Morgan fingerprint density at radius 3 is 2.23 bits per heavy atom. The van der Waals surface area contributed by atoms with Gasteiger partial charge in [0.25, 0.3) is 0 Å². The summed E-state index contributed by atoms with van der Waals surface area (Å²) in [5.41, 5.74) is 6.22. The van der Waals surface area contributed by atoms with Gasteiger partial charge in [-0.1, -0.05) is 19.3 Å². The predicted octanol–water partition coefficient (Wildman–Crippen LogP) is 2.04. The van der Waals surface area contributed by atoms with Crippen molar-refractivity contribution in [3.05, 3.63) is 0 Å². The molecule has 0 saturated heterocycles. The van der Waals surface area contributed by atoms with Gasteiger partial charge in [-0.2, -0.15) is 0 Å². The molecule has 2 nitrogen and oxygen atoms in total. The van der Waals surface area contributed by atoms with E-state index in [9.17, 15) is 0 Å². The molecular weight excluding hydrogens is 160 g/mol. The molecule has 78 valence electrons. The Balaban J connectivity index is 2.33. The maximum atomic E-state index is 5.95. The number of rotatable bonds is 3. The van der Waals surface area contributed by atoms with Gasteiger partial charge < -0.3 is 11.1 Å². The van der Waals surface area contributed by atoms with Crippen molar-refractivity contribution in [2.45, 2.75) is 64.0 Å². The molecule has 1 aliphatic rings. The summed E-state index contributed by atoms with van der Waals surface area (Å²) in [6, 6.07) is 0. The average Bonchev–Trinajstić information content (AvgIpc) is 2.02. The van der Waals surface area contributed by atoms with Gasteiger partial charge in [0, 0.05) is 17.6 Å². The number of hydrogen-bond acceptors (Lipinski definition) is 2. The molecule has 0 heterocycles. The zero-order valence-corrected chi connectivity index (χ0v) is 9.32. The first-order valence-corrected chi connectivity index (χ1v) is 5.45. The van der Waals surface area contributed by atoms with Crippen LogP contribution in [0.3, 0.4) is 0 Å². The summed E-state index contributed by atoms with van der Waals surface area (Å²) < 4.78 is 0. The maximum Gasteiger partial charge on any atom is 0.0223 e. The summed E-state index contributed by atoms with van der Waals surface area (Å²) >= 11 is 0. The third-order valence-corrected chi connectivity index (χ3v) is 2.93. The van der Waals surface area contributed by atoms with E-state index in [-0.39, 0.29) is 5.54 Å². The molecule has 1 rings (SSSR count). The molecule has 0 aromatic heterocycles. The first-order valence-electron chi connectivity index (χ1n) is 5.45.